The van der Waals surface area contributed by atoms with E-state index in [0.717, 1.165) is 12.0 Å². The first-order chi connectivity index (χ1) is 9.21. The molecule has 0 aromatic heterocycles. The van der Waals surface area contributed by atoms with E-state index < -0.39 is 5.60 Å². The fourth-order valence-corrected chi connectivity index (χ4v) is 3.09. The minimum Gasteiger partial charge on any atom is -0.390 e. The maximum absolute atomic E-state index is 11.0. The van der Waals surface area contributed by atoms with Crippen molar-refractivity contribution < 1.29 is 9.84 Å². The van der Waals surface area contributed by atoms with Gasteiger partial charge in [-0.3, -0.25) is 0 Å². The number of allylic oxidation sites excluding steroid dienone is 1. The van der Waals surface area contributed by atoms with Gasteiger partial charge >= 0.3 is 0 Å². The predicted molar refractivity (Wildman–Crippen MR) is 87.8 cm³/mol. The molecule has 0 spiro atoms. The van der Waals surface area contributed by atoms with Gasteiger partial charge in [0.05, 0.1) is 11.7 Å². The number of hydrogen-bond donors (Lipinski definition) is 1. The molecule has 5 unspecified atom stereocenters. The summed E-state index contributed by atoms with van der Waals surface area (Å²) in [5.74, 6) is 0.695. The summed E-state index contributed by atoms with van der Waals surface area (Å²) in [6.45, 7) is 21.1. The van der Waals surface area contributed by atoms with Crippen LogP contribution in [0, 0.1) is 17.8 Å². The van der Waals surface area contributed by atoms with Crippen LogP contribution in [0.3, 0.4) is 0 Å². The molecule has 20 heavy (non-hydrogen) atoms. The van der Waals surface area contributed by atoms with Crippen LogP contribution < -0.4 is 0 Å². The van der Waals surface area contributed by atoms with Gasteiger partial charge in [-0.1, -0.05) is 39.8 Å². The van der Waals surface area contributed by atoms with E-state index in [1.54, 1.807) is 0 Å². The molecule has 0 aliphatic carbocycles. The van der Waals surface area contributed by atoms with Crippen LogP contribution in [0.25, 0.3) is 0 Å². The Balaban J connectivity index is 5.23. The molecule has 0 bridgehead atoms. The predicted octanol–water partition coefficient (Wildman–Crippen LogP) is 4.59. The molecular weight excluding hydrogens is 248 g/mol. The van der Waals surface area contributed by atoms with Gasteiger partial charge in [0.1, 0.15) is 0 Å². The lowest BCUT2D eigenvalue weighted by atomic mass is 9.70. The van der Waals surface area contributed by atoms with Crippen LogP contribution in [0.2, 0.25) is 0 Å². The van der Waals surface area contributed by atoms with Crippen molar-refractivity contribution in [1.82, 2.24) is 0 Å². The van der Waals surface area contributed by atoms with Gasteiger partial charge in [0.25, 0.3) is 0 Å². The molecule has 2 heteroatoms. The molecule has 0 aliphatic heterocycles. The van der Waals surface area contributed by atoms with E-state index in [4.69, 9.17) is 4.74 Å². The molecule has 0 amide bonds. The second-order valence-corrected chi connectivity index (χ2v) is 6.31. The van der Waals surface area contributed by atoms with Gasteiger partial charge in [-0.25, -0.2) is 0 Å². The minimum absolute atomic E-state index is 0.0236. The summed E-state index contributed by atoms with van der Waals surface area (Å²) in [5, 5.41) is 11.0. The van der Waals surface area contributed by atoms with E-state index in [0.29, 0.717) is 18.9 Å². The molecule has 0 aliphatic rings. The molecular formula is C18H34O2. The third kappa shape index (κ3) is 5.41. The fraction of sp³-hybridized carbons (Fsp3) is 0.778. The Morgan fingerprint density at radius 2 is 1.85 bits per heavy atom. The number of rotatable bonds is 10. The molecule has 5 atom stereocenters. The van der Waals surface area contributed by atoms with Crippen LogP contribution >= 0.6 is 0 Å². The Bertz CT molecular complexity index is 307. The first-order valence-electron chi connectivity index (χ1n) is 7.86. The highest BCUT2D eigenvalue weighted by molar-refractivity contribution is 5.14. The lowest BCUT2D eigenvalue weighted by Crippen LogP contribution is -2.43. The highest BCUT2D eigenvalue weighted by Crippen LogP contribution is 2.38. The van der Waals surface area contributed by atoms with Crippen LogP contribution in [-0.2, 0) is 4.74 Å². The maximum Gasteiger partial charge on any atom is 0.0757 e. The largest absolute Gasteiger partial charge is 0.390 e. The monoisotopic (exact) mass is 282 g/mol. The quantitative estimate of drug-likeness (QED) is 0.594. The van der Waals surface area contributed by atoms with Crippen molar-refractivity contribution in [3.05, 3.63) is 24.8 Å². The van der Waals surface area contributed by atoms with E-state index in [2.05, 4.69) is 33.9 Å². The smallest absolute Gasteiger partial charge is 0.0757 e. The van der Waals surface area contributed by atoms with Crippen molar-refractivity contribution in [1.29, 1.82) is 0 Å². The van der Waals surface area contributed by atoms with Crippen molar-refractivity contribution in [2.75, 3.05) is 6.61 Å². The minimum atomic E-state index is -0.786. The molecule has 0 fully saturated rings. The number of hydrogen-bond acceptors (Lipinski definition) is 2. The van der Waals surface area contributed by atoms with Crippen LogP contribution in [0.15, 0.2) is 24.8 Å². The fourth-order valence-electron chi connectivity index (χ4n) is 3.09. The van der Waals surface area contributed by atoms with Gasteiger partial charge in [-0.15, -0.1) is 6.58 Å². The zero-order valence-corrected chi connectivity index (χ0v) is 14.3. The SMILES string of the molecule is C=CC(C)CC(C)(O)C(C(=C)C(C)OCC)C(C)CC. The van der Waals surface area contributed by atoms with Gasteiger partial charge in [0, 0.05) is 12.5 Å². The van der Waals surface area contributed by atoms with E-state index in [1.165, 1.54) is 0 Å². The first-order valence-corrected chi connectivity index (χ1v) is 7.86. The highest BCUT2D eigenvalue weighted by Gasteiger charge is 2.39. The lowest BCUT2D eigenvalue weighted by Gasteiger charge is -2.41. The van der Waals surface area contributed by atoms with Crippen LogP contribution in [0.4, 0.5) is 0 Å². The third-order valence-corrected chi connectivity index (χ3v) is 4.36. The normalized spacial score (nSPS) is 20.6. The summed E-state index contributed by atoms with van der Waals surface area (Å²) in [6.07, 6.45) is 3.59. The summed E-state index contributed by atoms with van der Waals surface area (Å²) in [6, 6.07) is 0. The second kappa shape index (κ2) is 8.63. The highest BCUT2D eigenvalue weighted by atomic mass is 16.5. The average Bonchev–Trinajstić information content (AvgIpc) is 2.37. The van der Waals surface area contributed by atoms with E-state index in [9.17, 15) is 5.11 Å². The van der Waals surface area contributed by atoms with Gasteiger partial charge in [-0.2, -0.15) is 0 Å². The summed E-state index contributed by atoms with van der Waals surface area (Å²) in [5.41, 5.74) is 0.216. The Labute approximate surface area is 125 Å². The Morgan fingerprint density at radius 1 is 1.30 bits per heavy atom. The summed E-state index contributed by atoms with van der Waals surface area (Å²) < 4.78 is 5.67. The lowest BCUT2D eigenvalue weighted by molar-refractivity contribution is -0.0342. The molecule has 0 radical (unpaired) electrons. The summed E-state index contributed by atoms with van der Waals surface area (Å²) >= 11 is 0. The van der Waals surface area contributed by atoms with E-state index in [-0.39, 0.29) is 17.9 Å². The van der Waals surface area contributed by atoms with Gasteiger partial charge in [0.2, 0.25) is 0 Å². The Hall–Kier alpha value is -0.600. The second-order valence-electron chi connectivity index (χ2n) is 6.31. The zero-order chi connectivity index (χ0) is 15.9. The van der Waals surface area contributed by atoms with Crippen molar-refractivity contribution in [3.8, 4) is 0 Å². The van der Waals surface area contributed by atoms with Crippen LogP contribution in [0.5, 0.6) is 0 Å². The van der Waals surface area contributed by atoms with E-state index >= 15 is 0 Å². The Morgan fingerprint density at radius 3 is 2.25 bits per heavy atom. The summed E-state index contributed by atoms with van der Waals surface area (Å²) in [4.78, 5) is 0. The number of aliphatic hydroxyl groups is 1. The first kappa shape index (κ1) is 19.4. The zero-order valence-electron chi connectivity index (χ0n) is 14.3. The molecule has 118 valence electrons. The third-order valence-electron chi connectivity index (χ3n) is 4.36. The van der Waals surface area contributed by atoms with Gasteiger partial charge < -0.3 is 9.84 Å². The molecule has 0 saturated carbocycles. The number of ether oxygens (including phenoxy) is 1. The van der Waals surface area contributed by atoms with Crippen molar-refractivity contribution >= 4 is 0 Å². The van der Waals surface area contributed by atoms with E-state index in [1.807, 2.05) is 26.8 Å². The average molecular weight is 282 g/mol. The molecule has 2 nitrogen and oxygen atoms in total. The topological polar surface area (TPSA) is 29.5 Å². The van der Waals surface area contributed by atoms with Crippen molar-refractivity contribution in [2.45, 2.75) is 66.1 Å². The van der Waals surface area contributed by atoms with Gasteiger partial charge in [0.15, 0.2) is 0 Å². The van der Waals surface area contributed by atoms with Crippen molar-refractivity contribution in [3.63, 3.8) is 0 Å². The molecule has 0 aromatic rings. The van der Waals surface area contributed by atoms with Crippen LogP contribution in [-0.4, -0.2) is 23.4 Å². The standard InChI is InChI=1S/C18H34O2/c1-9-13(4)12-18(8,19)17(14(5)10-2)15(6)16(7)20-11-3/h9,13-14,16-17,19H,1,6,10-12H2,2-5,7-8H3. The summed E-state index contributed by atoms with van der Waals surface area (Å²) in [7, 11) is 0. The maximum atomic E-state index is 11.0. The van der Waals surface area contributed by atoms with Crippen molar-refractivity contribution in [2.24, 2.45) is 17.8 Å². The molecule has 1 N–H and O–H groups in total. The molecule has 0 aromatic carbocycles. The Kier molecular flexibility index (Phi) is 8.38. The van der Waals surface area contributed by atoms with Gasteiger partial charge in [-0.05, 0) is 44.6 Å². The molecule has 0 saturated heterocycles. The molecule has 0 heterocycles. The van der Waals surface area contributed by atoms with Crippen LogP contribution in [0.1, 0.15) is 54.4 Å². The molecule has 0 rings (SSSR count).